The summed E-state index contributed by atoms with van der Waals surface area (Å²) >= 11 is 0. The Hall–Kier alpha value is -2.09. The van der Waals surface area contributed by atoms with Gasteiger partial charge in [-0.3, -0.25) is 0 Å². The minimum Gasteiger partial charge on any atom is -0.479 e. The summed E-state index contributed by atoms with van der Waals surface area (Å²) in [6, 6.07) is 2.11. The van der Waals surface area contributed by atoms with Gasteiger partial charge in [0.2, 0.25) is 5.88 Å². The van der Waals surface area contributed by atoms with Crippen LogP contribution in [0.4, 0.5) is 0 Å². The molecule has 1 aromatic rings. The Kier molecular flexibility index (Phi) is 3.70. The number of carbonyl (C=O) groups is 1. The highest BCUT2D eigenvalue weighted by atomic mass is 16.5. The maximum Gasteiger partial charge on any atom is 0.341 e. The van der Waals surface area contributed by atoms with E-state index in [2.05, 4.69) is 11.1 Å². The number of carboxylic acid groups (broad SMARTS) is 1. The lowest BCUT2D eigenvalue weighted by Gasteiger charge is -2.15. The van der Waals surface area contributed by atoms with Gasteiger partial charge in [0.15, 0.2) is 6.61 Å². The van der Waals surface area contributed by atoms with E-state index in [1.807, 2.05) is 13.8 Å². The van der Waals surface area contributed by atoms with Crippen LogP contribution in [0, 0.1) is 11.3 Å². The van der Waals surface area contributed by atoms with Crippen molar-refractivity contribution >= 4 is 5.97 Å². The molecule has 1 N–H and O–H groups in total. The highest BCUT2D eigenvalue weighted by molar-refractivity contribution is 5.68. The van der Waals surface area contributed by atoms with Crippen molar-refractivity contribution in [1.29, 1.82) is 5.26 Å². The van der Waals surface area contributed by atoms with Crippen molar-refractivity contribution < 1.29 is 14.6 Å². The number of nitriles is 1. The monoisotopic (exact) mass is 260 g/mol. The number of hydrogen-bond acceptors (Lipinski definition) is 4. The maximum atomic E-state index is 10.6. The van der Waals surface area contributed by atoms with Gasteiger partial charge < -0.3 is 9.84 Å². The van der Waals surface area contributed by atoms with Crippen molar-refractivity contribution in [2.75, 3.05) is 6.61 Å². The van der Waals surface area contributed by atoms with Crippen LogP contribution in [0.15, 0.2) is 0 Å². The summed E-state index contributed by atoms with van der Waals surface area (Å²) in [5.41, 5.74) is 3.46. The summed E-state index contributed by atoms with van der Waals surface area (Å²) in [5.74, 6) is -0.682. The third-order valence-electron chi connectivity index (χ3n) is 3.26. The van der Waals surface area contributed by atoms with Crippen LogP contribution in [0.1, 0.15) is 48.6 Å². The smallest absolute Gasteiger partial charge is 0.341 e. The van der Waals surface area contributed by atoms with E-state index in [1.165, 1.54) is 0 Å². The maximum absolute atomic E-state index is 10.6. The third kappa shape index (κ3) is 2.53. The number of pyridine rings is 1. The summed E-state index contributed by atoms with van der Waals surface area (Å²) in [7, 11) is 0. The number of fused-ring (bicyclic) bond motifs is 1. The molecule has 0 saturated carbocycles. The Morgan fingerprint density at radius 1 is 1.47 bits per heavy atom. The van der Waals surface area contributed by atoms with Crippen molar-refractivity contribution in [3.8, 4) is 11.9 Å². The third-order valence-corrected chi connectivity index (χ3v) is 3.26. The Morgan fingerprint density at radius 2 is 2.16 bits per heavy atom. The molecule has 2 rings (SSSR count). The molecule has 1 aliphatic rings. The minimum absolute atomic E-state index is 0.161. The molecule has 1 aliphatic carbocycles. The van der Waals surface area contributed by atoms with Gasteiger partial charge in [0.1, 0.15) is 11.6 Å². The van der Waals surface area contributed by atoms with Gasteiger partial charge in [-0.15, -0.1) is 0 Å². The first kappa shape index (κ1) is 13.3. The lowest BCUT2D eigenvalue weighted by atomic mass is 9.98. The molecule has 0 aliphatic heterocycles. The second-order valence-electron chi connectivity index (χ2n) is 4.94. The van der Waals surface area contributed by atoms with Crippen molar-refractivity contribution in [2.24, 2.45) is 0 Å². The lowest BCUT2D eigenvalue weighted by Crippen LogP contribution is -2.13. The van der Waals surface area contributed by atoms with Gasteiger partial charge in [-0.1, -0.05) is 13.8 Å². The number of aliphatic carboxylic acids is 1. The molecule has 0 radical (unpaired) electrons. The van der Waals surface area contributed by atoms with E-state index in [1.54, 1.807) is 0 Å². The fraction of sp³-hybridized carbons (Fsp3) is 0.500. The van der Waals surface area contributed by atoms with Gasteiger partial charge in [-0.05, 0) is 36.3 Å². The van der Waals surface area contributed by atoms with Crippen LogP contribution in [-0.2, 0) is 17.6 Å². The molecule has 1 aromatic heterocycles. The van der Waals surface area contributed by atoms with E-state index in [0.717, 1.165) is 36.1 Å². The predicted octanol–water partition coefficient (Wildman–Crippen LogP) is 2.03. The number of aromatic nitrogens is 1. The zero-order valence-electron chi connectivity index (χ0n) is 11.1. The average molecular weight is 260 g/mol. The number of hydrogen-bond donors (Lipinski definition) is 1. The Balaban J connectivity index is 2.51. The van der Waals surface area contributed by atoms with Gasteiger partial charge in [0.25, 0.3) is 0 Å². The first-order chi connectivity index (χ1) is 9.04. The van der Waals surface area contributed by atoms with Gasteiger partial charge in [-0.2, -0.15) is 5.26 Å². The van der Waals surface area contributed by atoms with E-state index >= 15 is 0 Å². The fourth-order valence-corrected chi connectivity index (χ4v) is 2.49. The molecule has 1 heterocycles. The molecule has 100 valence electrons. The molecule has 5 nitrogen and oxygen atoms in total. The minimum atomic E-state index is -1.07. The number of ether oxygens (including phenoxy) is 1. The number of carboxylic acids is 1. The summed E-state index contributed by atoms with van der Waals surface area (Å²) in [4.78, 5) is 15.0. The van der Waals surface area contributed by atoms with Crippen molar-refractivity contribution in [2.45, 2.75) is 39.0 Å². The summed E-state index contributed by atoms with van der Waals surface area (Å²) in [6.07, 6.45) is 2.78. The number of nitrogens with zero attached hydrogens (tertiary/aromatic N) is 2. The van der Waals surface area contributed by atoms with E-state index in [4.69, 9.17) is 9.84 Å². The molecule has 5 heteroatoms. The Bertz CT molecular complexity index is 559. The fourth-order valence-electron chi connectivity index (χ4n) is 2.49. The summed E-state index contributed by atoms with van der Waals surface area (Å²) < 4.78 is 5.17. The number of rotatable bonds is 4. The highest BCUT2D eigenvalue weighted by Gasteiger charge is 2.25. The van der Waals surface area contributed by atoms with Crippen LogP contribution in [0.5, 0.6) is 5.88 Å². The van der Waals surface area contributed by atoms with Crippen LogP contribution in [0.25, 0.3) is 0 Å². The second kappa shape index (κ2) is 5.27. The van der Waals surface area contributed by atoms with E-state index < -0.39 is 12.6 Å². The van der Waals surface area contributed by atoms with E-state index in [-0.39, 0.29) is 11.8 Å². The van der Waals surface area contributed by atoms with Crippen LogP contribution in [0.2, 0.25) is 0 Å². The molecule has 0 aromatic carbocycles. The van der Waals surface area contributed by atoms with Gasteiger partial charge >= 0.3 is 5.97 Å². The van der Waals surface area contributed by atoms with Crippen LogP contribution in [0.3, 0.4) is 0 Å². The van der Waals surface area contributed by atoms with Crippen molar-refractivity contribution in [3.05, 3.63) is 22.4 Å². The van der Waals surface area contributed by atoms with E-state index in [9.17, 15) is 10.1 Å². The molecular formula is C14H16N2O3. The average Bonchev–Trinajstić information content (AvgIpc) is 2.83. The molecule has 0 unspecified atom stereocenters. The first-order valence-corrected chi connectivity index (χ1v) is 6.35. The van der Waals surface area contributed by atoms with Crippen molar-refractivity contribution in [3.63, 3.8) is 0 Å². The van der Waals surface area contributed by atoms with Gasteiger partial charge in [0.05, 0.1) is 5.69 Å². The zero-order valence-corrected chi connectivity index (χ0v) is 11.1. The second-order valence-corrected chi connectivity index (χ2v) is 4.94. The van der Waals surface area contributed by atoms with E-state index in [0.29, 0.717) is 5.56 Å². The summed E-state index contributed by atoms with van der Waals surface area (Å²) in [5, 5.41) is 17.9. The molecule has 19 heavy (non-hydrogen) atoms. The zero-order chi connectivity index (χ0) is 14.0. The summed E-state index contributed by atoms with van der Waals surface area (Å²) in [6.45, 7) is 3.60. The normalized spacial score (nSPS) is 13.2. The molecule has 0 fully saturated rings. The van der Waals surface area contributed by atoms with Crippen LogP contribution < -0.4 is 4.74 Å². The Labute approximate surface area is 111 Å². The van der Waals surface area contributed by atoms with Crippen LogP contribution in [-0.4, -0.2) is 22.7 Å². The topological polar surface area (TPSA) is 83.2 Å². The molecule has 0 amide bonds. The molecule has 0 spiro atoms. The first-order valence-electron chi connectivity index (χ1n) is 6.35. The van der Waals surface area contributed by atoms with Crippen LogP contribution >= 0.6 is 0 Å². The Morgan fingerprint density at radius 3 is 2.74 bits per heavy atom. The van der Waals surface area contributed by atoms with Crippen molar-refractivity contribution in [1.82, 2.24) is 4.98 Å². The molecule has 0 bridgehead atoms. The molecular weight excluding hydrogens is 244 g/mol. The lowest BCUT2D eigenvalue weighted by molar-refractivity contribution is -0.139. The van der Waals surface area contributed by atoms with Gasteiger partial charge in [-0.25, -0.2) is 9.78 Å². The molecule has 0 saturated heterocycles. The SMILES string of the molecule is CC(C)c1nc(OCC(=O)O)c(C#N)c2c1CCC2. The quantitative estimate of drug-likeness (QED) is 0.895. The molecule has 0 atom stereocenters. The van der Waals surface area contributed by atoms with Gasteiger partial charge in [0, 0.05) is 0 Å². The largest absolute Gasteiger partial charge is 0.479 e. The predicted molar refractivity (Wildman–Crippen MR) is 68.2 cm³/mol. The highest BCUT2D eigenvalue weighted by Crippen LogP contribution is 2.35. The standard InChI is InChI=1S/C14H16N2O3/c1-8(2)13-10-5-3-4-9(10)11(6-15)14(16-13)19-7-12(17)18/h8H,3-5,7H2,1-2H3,(H,17,18).